The van der Waals surface area contributed by atoms with E-state index in [9.17, 15) is 14.4 Å². The summed E-state index contributed by atoms with van der Waals surface area (Å²) in [7, 11) is 0. The molecule has 2 saturated heterocycles. The maximum Gasteiger partial charge on any atom is 0.323 e. The van der Waals surface area contributed by atoms with Crippen LogP contribution >= 0.6 is 23.5 Å². The zero-order chi connectivity index (χ0) is 38.0. The van der Waals surface area contributed by atoms with Crippen LogP contribution in [-0.4, -0.2) is 32.1 Å². The van der Waals surface area contributed by atoms with E-state index in [1.54, 1.807) is 9.80 Å². The Kier molecular flexibility index (Phi) is 9.36. The van der Waals surface area contributed by atoms with Crippen LogP contribution in [-0.2, 0) is 9.59 Å². The highest BCUT2D eigenvalue weighted by Crippen LogP contribution is 2.42. The highest BCUT2D eigenvalue weighted by molar-refractivity contribution is 8.19. The fraction of sp³-hybridized carbons (Fsp3) is 0. The van der Waals surface area contributed by atoms with E-state index in [1.165, 1.54) is 23.5 Å². The van der Waals surface area contributed by atoms with Gasteiger partial charge in [0.05, 0.1) is 43.6 Å². The summed E-state index contributed by atoms with van der Waals surface area (Å²) in [6.45, 7) is 0. The second-order valence-corrected chi connectivity index (χ2v) is 14.8. The number of hydrogen-bond donors (Lipinski definition) is 2. The van der Waals surface area contributed by atoms with Gasteiger partial charge in [0.25, 0.3) is 11.8 Å². The minimum absolute atomic E-state index is 0.175. The number of H-pyrrole nitrogens is 2. The smallest absolute Gasteiger partial charge is 0.306 e. The molecule has 2 fully saturated rings. The maximum atomic E-state index is 14.1. The molecular weight excluding hydrogens is 737 g/mol. The molecule has 7 aromatic rings. The van der Waals surface area contributed by atoms with Gasteiger partial charge in [-0.2, -0.15) is 0 Å². The molecule has 2 aliphatic rings. The highest BCUT2D eigenvalue weighted by Gasteiger charge is 2.36. The number of rotatable bonds is 7. The van der Waals surface area contributed by atoms with Crippen LogP contribution in [0.5, 0.6) is 0 Å². The number of thioether (sulfide) groups is 2. The van der Waals surface area contributed by atoms with Crippen molar-refractivity contribution in [2.45, 2.75) is 0 Å². The molecule has 0 bridgehead atoms. The van der Waals surface area contributed by atoms with Crippen molar-refractivity contribution in [3.8, 4) is 11.1 Å². The number of hydrogen-bond acceptors (Lipinski definition) is 7. The van der Waals surface area contributed by atoms with Gasteiger partial charge in [-0.25, -0.2) is 14.8 Å². The van der Waals surface area contributed by atoms with Crippen LogP contribution in [0.4, 0.5) is 22.7 Å². The molecule has 56 heavy (non-hydrogen) atoms. The lowest BCUT2D eigenvalue weighted by atomic mass is 9.99. The van der Waals surface area contributed by atoms with Gasteiger partial charge in [-0.15, -0.1) is 0 Å². The van der Waals surface area contributed by atoms with Crippen molar-refractivity contribution in [2.75, 3.05) is 9.80 Å². The maximum absolute atomic E-state index is 14.1. The van der Waals surface area contributed by atoms with Crippen LogP contribution in [0, 0.1) is 0 Å². The predicted octanol–water partition coefficient (Wildman–Crippen LogP) is 10.1. The van der Waals surface area contributed by atoms with Gasteiger partial charge in [0, 0.05) is 11.1 Å². The monoisotopic (exact) mass is 766 g/mol. The van der Waals surface area contributed by atoms with Crippen LogP contribution in [0.2, 0.25) is 0 Å². The minimum Gasteiger partial charge on any atom is -0.306 e. The molecule has 0 aliphatic carbocycles. The molecule has 1 aromatic heterocycles. The first-order chi connectivity index (χ1) is 27.5. The number of fused-ring (bicyclic) bond motifs is 1. The molecule has 0 radical (unpaired) electrons. The van der Waals surface area contributed by atoms with Crippen LogP contribution < -0.4 is 15.5 Å². The fourth-order valence-corrected chi connectivity index (χ4v) is 8.53. The van der Waals surface area contributed by atoms with E-state index >= 15 is 0 Å². The first kappa shape index (κ1) is 34.8. The lowest BCUT2D eigenvalue weighted by molar-refractivity contribution is -0.114. The van der Waals surface area contributed by atoms with Gasteiger partial charge in [0.1, 0.15) is 0 Å². The average molecular weight is 767 g/mol. The molecule has 0 atom stereocenters. The number of nitrogens with one attached hydrogen (secondary N) is 2. The lowest BCUT2D eigenvalue weighted by Gasteiger charge is -2.16. The number of carbonyl (C=O) groups is 2. The standard InChI is InChI=1S/C45H30N6O3S2/c52-41-38(27-29-15-5-1-6-16-29)56-45(51(41)33-21-11-4-12-22-33)48-36-24-14-13-23-34(36)35-25-30(26-37-40(35)49-43(54)47-37)28-39-42(53)50(32-19-9-3-10-20-32)44(55-39)46-31-17-7-2-8-18-31/h1-28H,(H2,47,49,54)/b38-27-,39-28-,46-44?,48-45?. The second kappa shape index (κ2) is 15.1. The molecule has 9 rings (SSSR count). The Morgan fingerprint density at radius 2 is 1.02 bits per heavy atom. The minimum atomic E-state index is -0.364. The number of carbonyl (C=O) groups excluding carboxylic acids is 2. The largest absolute Gasteiger partial charge is 0.323 e. The number of aromatic nitrogens is 2. The third kappa shape index (κ3) is 6.92. The van der Waals surface area contributed by atoms with Crippen molar-refractivity contribution in [2.24, 2.45) is 9.98 Å². The Balaban J connectivity index is 1.15. The van der Waals surface area contributed by atoms with Gasteiger partial charge < -0.3 is 9.97 Å². The normalized spacial score (nSPS) is 17.4. The number of amides is 2. The Morgan fingerprint density at radius 1 is 0.500 bits per heavy atom. The Morgan fingerprint density at radius 3 is 1.64 bits per heavy atom. The van der Waals surface area contributed by atoms with E-state index in [0.29, 0.717) is 59.4 Å². The molecule has 2 N–H and O–H groups in total. The van der Waals surface area contributed by atoms with E-state index in [2.05, 4.69) is 9.97 Å². The Hall–Kier alpha value is -6.95. The Bertz CT molecular complexity index is 2810. The molecule has 0 spiro atoms. The number of imidazole rings is 1. The third-order valence-electron chi connectivity index (χ3n) is 9.08. The van der Waals surface area contributed by atoms with Crippen molar-refractivity contribution in [1.82, 2.24) is 9.97 Å². The lowest BCUT2D eigenvalue weighted by Crippen LogP contribution is -2.28. The van der Waals surface area contributed by atoms with E-state index in [-0.39, 0.29) is 17.5 Å². The first-order valence-electron chi connectivity index (χ1n) is 17.7. The molecule has 11 heteroatoms. The number of para-hydroxylation sites is 4. The molecule has 0 saturated carbocycles. The van der Waals surface area contributed by atoms with E-state index < -0.39 is 0 Å². The molecule has 2 amide bonds. The second-order valence-electron chi connectivity index (χ2n) is 12.8. The molecule has 270 valence electrons. The van der Waals surface area contributed by atoms with Crippen molar-refractivity contribution in [3.05, 3.63) is 189 Å². The van der Waals surface area contributed by atoms with Crippen LogP contribution in [0.1, 0.15) is 11.1 Å². The Labute approximate surface area is 329 Å². The third-order valence-corrected chi connectivity index (χ3v) is 11.0. The van der Waals surface area contributed by atoms with Gasteiger partial charge in [-0.3, -0.25) is 19.4 Å². The average Bonchev–Trinajstić information content (AvgIpc) is 3.86. The summed E-state index contributed by atoms with van der Waals surface area (Å²) < 4.78 is 0. The quantitative estimate of drug-likeness (QED) is 0.157. The fourth-order valence-electron chi connectivity index (χ4n) is 6.53. The number of nitrogens with zero attached hydrogens (tertiary/aromatic N) is 4. The van der Waals surface area contributed by atoms with Gasteiger partial charge in [0.15, 0.2) is 10.3 Å². The zero-order valence-electron chi connectivity index (χ0n) is 29.5. The zero-order valence-corrected chi connectivity index (χ0v) is 31.1. The van der Waals surface area contributed by atoms with Gasteiger partial charge >= 0.3 is 5.69 Å². The van der Waals surface area contributed by atoms with Crippen LogP contribution in [0.25, 0.3) is 34.3 Å². The number of anilines is 2. The highest BCUT2D eigenvalue weighted by atomic mass is 32.2. The summed E-state index contributed by atoms with van der Waals surface area (Å²) >= 11 is 2.59. The number of benzene rings is 6. The summed E-state index contributed by atoms with van der Waals surface area (Å²) in [4.78, 5) is 61.0. The van der Waals surface area contributed by atoms with E-state index in [4.69, 9.17) is 9.98 Å². The number of amidine groups is 2. The first-order valence-corrected chi connectivity index (χ1v) is 19.3. The molecule has 9 nitrogen and oxygen atoms in total. The molecule has 3 heterocycles. The van der Waals surface area contributed by atoms with Crippen LogP contribution in [0.15, 0.2) is 182 Å². The molecule has 6 aromatic carbocycles. The van der Waals surface area contributed by atoms with Gasteiger partial charge in [0.2, 0.25) is 0 Å². The van der Waals surface area contributed by atoms with Crippen molar-refractivity contribution >= 4 is 91.6 Å². The van der Waals surface area contributed by atoms with Gasteiger partial charge in [-0.1, -0.05) is 103 Å². The number of aromatic amines is 2. The summed E-state index contributed by atoms with van der Waals surface area (Å²) in [5.74, 6) is -0.388. The van der Waals surface area contributed by atoms with Crippen molar-refractivity contribution in [1.29, 1.82) is 0 Å². The molecule has 0 unspecified atom stereocenters. The SMILES string of the molecule is O=C1/C(=C/c2cc(-c3ccccc3N=C3S/C(=C\c4ccccc4)C(=O)N3c3ccccc3)c3[nH]c(=O)[nH]c3c2)SC(=Nc2ccccc2)N1c1ccccc1. The topological polar surface area (TPSA) is 114 Å². The van der Waals surface area contributed by atoms with Crippen LogP contribution in [0.3, 0.4) is 0 Å². The van der Waals surface area contributed by atoms with Crippen molar-refractivity contribution in [3.63, 3.8) is 0 Å². The van der Waals surface area contributed by atoms with E-state index in [0.717, 1.165) is 16.8 Å². The van der Waals surface area contributed by atoms with E-state index in [1.807, 2.05) is 170 Å². The predicted molar refractivity (Wildman–Crippen MR) is 230 cm³/mol. The number of aliphatic imine (C=N–C) groups is 2. The summed E-state index contributed by atoms with van der Waals surface area (Å²) in [5.41, 5.74) is 6.55. The van der Waals surface area contributed by atoms with Gasteiger partial charge in [-0.05, 0) is 101 Å². The summed E-state index contributed by atoms with van der Waals surface area (Å²) in [5, 5.41) is 1.02. The summed E-state index contributed by atoms with van der Waals surface area (Å²) in [6, 6.07) is 49.5. The molecular formula is C45H30N6O3S2. The van der Waals surface area contributed by atoms with Crippen molar-refractivity contribution < 1.29 is 9.59 Å². The summed E-state index contributed by atoms with van der Waals surface area (Å²) in [6.07, 6.45) is 3.70. The molecule has 2 aliphatic heterocycles.